The molecule has 1 aliphatic carbocycles. The van der Waals surface area contributed by atoms with Gasteiger partial charge >= 0.3 is 0 Å². The summed E-state index contributed by atoms with van der Waals surface area (Å²) in [6, 6.07) is 3.95. The fraction of sp³-hybridized carbons (Fsp3) is 0.706. The van der Waals surface area contributed by atoms with Crippen LogP contribution >= 0.6 is 0 Å². The third kappa shape index (κ3) is 3.58. The van der Waals surface area contributed by atoms with Gasteiger partial charge in [-0.25, -0.2) is 0 Å². The third-order valence-electron chi connectivity index (χ3n) is 4.55. The van der Waals surface area contributed by atoms with Crippen LogP contribution in [0.3, 0.4) is 0 Å². The van der Waals surface area contributed by atoms with E-state index in [2.05, 4.69) is 62.9 Å². The van der Waals surface area contributed by atoms with Crippen LogP contribution in [0.25, 0.3) is 0 Å². The summed E-state index contributed by atoms with van der Waals surface area (Å²) in [6.07, 6.45) is 2.74. The molecule has 3 heteroatoms. The number of hydrogen-bond donors (Lipinski definition) is 1. The first-order valence-electron chi connectivity index (χ1n) is 7.80. The van der Waals surface area contributed by atoms with Gasteiger partial charge in [0.05, 0.1) is 0 Å². The van der Waals surface area contributed by atoms with Gasteiger partial charge in [0.2, 0.25) is 0 Å². The van der Waals surface area contributed by atoms with E-state index in [0.29, 0.717) is 12.1 Å². The molecule has 2 atom stereocenters. The Morgan fingerprint density at radius 3 is 2.50 bits per heavy atom. The number of hydrogen-bond acceptors (Lipinski definition) is 3. The van der Waals surface area contributed by atoms with E-state index in [9.17, 15) is 0 Å². The van der Waals surface area contributed by atoms with Gasteiger partial charge in [0, 0.05) is 36.1 Å². The van der Waals surface area contributed by atoms with E-state index >= 15 is 0 Å². The summed E-state index contributed by atoms with van der Waals surface area (Å²) in [5, 5.41) is 3.68. The van der Waals surface area contributed by atoms with Gasteiger partial charge in [0.1, 0.15) is 0 Å². The maximum atomic E-state index is 4.61. The number of likely N-dealkylation sites (N-methyl/N-ethyl adjacent to an activating group) is 1. The highest BCUT2D eigenvalue weighted by atomic mass is 15.2. The van der Waals surface area contributed by atoms with Crippen molar-refractivity contribution in [3.8, 4) is 0 Å². The van der Waals surface area contributed by atoms with Gasteiger partial charge in [0.15, 0.2) is 0 Å². The SMILES string of the molecule is Cc1cc(C)c(C(C)NCC(C)N(C)C2CC2)c(C)n1. The molecule has 2 unspecified atom stereocenters. The quantitative estimate of drug-likeness (QED) is 0.864. The van der Waals surface area contributed by atoms with Crippen LogP contribution in [0.5, 0.6) is 0 Å². The standard InChI is InChI=1S/C17H29N3/c1-11-9-12(2)19-15(5)17(11)14(4)18-10-13(3)20(6)16-7-8-16/h9,13-14,16,18H,7-8,10H2,1-6H3. The third-order valence-corrected chi connectivity index (χ3v) is 4.55. The summed E-state index contributed by atoms with van der Waals surface area (Å²) >= 11 is 0. The second kappa shape index (κ2) is 6.23. The summed E-state index contributed by atoms with van der Waals surface area (Å²) in [5.74, 6) is 0. The lowest BCUT2D eigenvalue weighted by Gasteiger charge is -2.27. The fourth-order valence-electron chi connectivity index (χ4n) is 3.12. The van der Waals surface area contributed by atoms with Crippen molar-refractivity contribution in [1.82, 2.24) is 15.2 Å². The number of aryl methyl sites for hydroxylation is 3. The average molecular weight is 275 g/mol. The highest BCUT2D eigenvalue weighted by Crippen LogP contribution is 2.27. The molecule has 0 saturated heterocycles. The van der Waals surface area contributed by atoms with Crippen LogP contribution in [0.4, 0.5) is 0 Å². The van der Waals surface area contributed by atoms with E-state index < -0.39 is 0 Å². The molecule has 1 aromatic rings. The number of nitrogens with one attached hydrogen (secondary N) is 1. The molecular formula is C17H29N3. The smallest absolute Gasteiger partial charge is 0.0426 e. The molecule has 1 aliphatic rings. The van der Waals surface area contributed by atoms with Crippen molar-refractivity contribution < 1.29 is 0 Å². The maximum absolute atomic E-state index is 4.61. The minimum absolute atomic E-state index is 0.359. The van der Waals surface area contributed by atoms with Crippen molar-refractivity contribution in [2.45, 2.75) is 65.6 Å². The van der Waals surface area contributed by atoms with Crippen molar-refractivity contribution in [2.24, 2.45) is 0 Å². The predicted octanol–water partition coefficient (Wildman–Crippen LogP) is 3.14. The Balaban J connectivity index is 1.96. The molecule has 3 nitrogen and oxygen atoms in total. The number of rotatable bonds is 6. The average Bonchev–Trinajstić information content (AvgIpc) is 3.17. The maximum Gasteiger partial charge on any atom is 0.0426 e. The molecule has 0 bridgehead atoms. The zero-order chi connectivity index (χ0) is 14.9. The summed E-state index contributed by atoms with van der Waals surface area (Å²) in [5.41, 5.74) is 4.97. The van der Waals surface area contributed by atoms with Crippen molar-refractivity contribution in [3.63, 3.8) is 0 Å². The highest BCUT2D eigenvalue weighted by molar-refractivity contribution is 5.33. The molecule has 1 N–H and O–H groups in total. The molecule has 112 valence electrons. The minimum Gasteiger partial charge on any atom is -0.309 e. The Labute approximate surface area is 123 Å². The van der Waals surface area contributed by atoms with Gasteiger partial charge in [-0.2, -0.15) is 0 Å². The largest absolute Gasteiger partial charge is 0.309 e. The molecule has 0 radical (unpaired) electrons. The molecule has 0 amide bonds. The Morgan fingerprint density at radius 2 is 1.95 bits per heavy atom. The van der Waals surface area contributed by atoms with E-state index in [-0.39, 0.29) is 0 Å². The van der Waals surface area contributed by atoms with Crippen LogP contribution < -0.4 is 5.32 Å². The highest BCUT2D eigenvalue weighted by Gasteiger charge is 2.29. The molecule has 0 spiro atoms. The summed E-state index contributed by atoms with van der Waals surface area (Å²) in [7, 11) is 2.25. The lowest BCUT2D eigenvalue weighted by Crippen LogP contribution is -2.40. The van der Waals surface area contributed by atoms with Gasteiger partial charge in [-0.05, 0) is 71.7 Å². The normalized spacial score (nSPS) is 18.4. The minimum atomic E-state index is 0.359. The number of pyridine rings is 1. The molecule has 20 heavy (non-hydrogen) atoms. The lowest BCUT2D eigenvalue weighted by molar-refractivity contribution is 0.236. The van der Waals surface area contributed by atoms with Gasteiger partial charge < -0.3 is 5.32 Å². The number of nitrogens with zero attached hydrogens (tertiary/aromatic N) is 2. The van der Waals surface area contributed by atoms with E-state index in [1.54, 1.807) is 0 Å². The first-order valence-corrected chi connectivity index (χ1v) is 7.80. The topological polar surface area (TPSA) is 28.2 Å². The second-order valence-corrected chi connectivity index (χ2v) is 6.46. The van der Waals surface area contributed by atoms with Gasteiger partial charge in [-0.3, -0.25) is 9.88 Å². The zero-order valence-electron chi connectivity index (χ0n) is 13.8. The van der Waals surface area contributed by atoms with Crippen LogP contribution in [0.2, 0.25) is 0 Å². The van der Waals surface area contributed by atoms with E-state index in [1.165, 1.54) is 24.0 Å². The van der Waals surface area contributed by atoms with Gasteiger partial charge in [0.25, 0.3) is 0 Å². The van der Waals surface area contributed by atoms with Crippen LogP contribution in [0, 0.1) is 20.8 Å². The van der Waals surface area contributed by atoms with Crippen LogP contribution in [-0.4, -0.2) is 35.6 Å². The van der Waals surface area contributed by atoms with Crippen molar-refractivity contribution in [1.29, 1.82) is 0 Å². The molecule has 0 aromatic carbocycles. The number of aromatic nitrogens is 1. The van der Waals surface area contributed by atoms with Crippen LogP contribution in [-0.2, 0) is 0 Å². The monoisotopic (exact) mass is 275 g/mol. The van der Waals surface area contributed by atoms with Gasteiger partial charge in [-0.15, -0.1) is 0 Å². The van der Waals surface area contributed by atoms with Crippen LogP contribution in [0.15, 0.2) is 6.07 Å². The van der Waals surface area contributed by atoms with Crippen molar-refractivity contribution in [3.05, 3.63) is 28.6 Å². The van der Waals surface area contributed by atoms with Crippen LogP contribution in [0.1, 0.15) is 55.2 Å². The Morgan fingerprint density at radius 1 is 1.30 bits per heavy atom. The lowest BCUT2D eigenvalue weighted by atomic mass is 10.00. The molecule has 2 rings (SSSR count). The summed E-state index contributed by atoms with van der Waals surface area (Å²) in [4.78, 5) is 7.11. The Hall–Kier alpha value is -0.930. The van der Waals surface area contributed by atoms with E-state index in [4.69, 9.17) is 0 Å². The molecule has 1 heterocycles. The van der Waals surface area contributed by atoms with E-state index in [1.807, 2.05) is 0 Å². The summed E-state index contributed by atoms with van der Waals surface area (Å²) < 4.78 is 0. The fourth-order valence-corrected chi connectivity index (χ4v) is 3.12. The first-order chi connectivity index (χ1) is 9.40. The Bertz CT molecular complexity index is 442. The van der Waals surface area contributed by atoms with Gasteiger partial charge in [-0.1, -0.05) is 0 Å². The molecule has 0 aliphatic heterocycles. The zero-order valence-corrected chi connectivity index (χ0v) is 13.8. The molecule has 1 saturated carbocycles. The molecule has 1 fully saturated rings. The molecular weight excluding hydrogens is 246 g/mol. The van der Waals surface area contributed by atoms with Crippen molar-refractivity contribution in [2.75, 3.05) is 13.6 Å². The Kier molecular flexibility index (Phi) is 4.82. The van der Waals surface area contributed by atoms with Crippen molar-refractivity contribution >= 4 is 0 Å². The second-order valence-electron chi connectivity index (χ2n) is 6.46. The van der Waals surface area contributed by atoms with E-state index in [0.717, 1.165) is 24.0 Å². The summed E-state index contributed by atoms with van der Waals surface area (Å²) in [6.45, 7) is 12.0. The first kappa shape index (κ1) is 15.5. The molecule has 1 aromatic heterocycles. The predicted molar refractivity (Wildman–Crippen MR) is 85.1 cm³/mol.